The lowest BCUT2D eigenvalue weighted by Crippen LogP contribution is -2.58. The number of hydrogen-bond donors (Lipinski definition) is 3. The maximum absolute atomic E-state index is 14.4. The molecule has 5 amide bonds. The number of halogens is 1. The third kappa shape index (κ3) is 8.95. The summed E-state index contributed by atoms with van der Waals surface area (Å²) in [6, 6.07) is 2.61. The Kier molecular flexibility index (Phi) is 10.8. The molecule has 0 bridgehead atoms. The molecule has 50 heavy (non-hydrogen) atoms. The first-order valence-corrected chi connectivity index (χ1v) is 17.7. The number of nitrogens with zero attached hydrogens (tertiary/aromatic N) is 2. The van der Waals surface area contributed by atoms with Gasteiger partial charge in [-0.3, -0.25) is 19.3 Å². The third-order valence-corrected chi connectivity index (χ3v) is 9.57. The van der Waals surface area contributed by atoms with Gasteiger partial charge < -0.3 is 30.3 Å². The van der Waals surface area contributed by atoms with Crippen LogP contribution in [-0.2, 0) is 36.9 Å². The molecule has 3 aliphatic heterocycles. The van der Waals surface area contributed by atoms with Gasteiger partial charge in [0.2, 0.25) is 17.7 Å². The maximum Gasteiger partial charge on any atom is 0.410 e. The summed E-state index contributed by atoms with van der Waals surface area (Å²) in [5, 5.41) is 8.72. The van der Waals surface area contributed by atoms with Crippen molar-refractivity contribution in [1.82, 2.24) is 25.8 Å². The van der Waals surface area contributed by atoms with E-state index in [0.717, 1.165) is 19.3 Å². The number of ether oxygens (including phenoxy) is 2. The largest absolute Gasteiger partial charge is 0.444 e. The monoisotopic (exact) mass is 697 g/mol. The van der Waals surface area contributed by atoms with Gasteiger partial charge in [0.15, 0.2) is 0 Å². The van der Waals surface area contributed by atoms with Crippen molar-refractivity contribution in [3.8, 4) is 0 Å². The van der Waals surface area contributed by atoms with Gasteiger partial charge in [0.05, 0.1) is 13.1 Å². The van der Waals surface area contributed by atoms with Gasteiger partial charge in [0.25, 0.3) is 0 Å². The molecule has 12 nitrogen and oxygen atoms in total. The molecule has 3 N–H and O–H groups in total. The molecule has 13 heteroatoms. The van der Waals surface area contributed by atoms with Gasteiger partial charge in [-0.15, -0.1) is 0 Å². The van der Waals surface area contributed by atoms with E-state index < -0.39 is 59.1 Å². The Labute approximate surface area is 293 Å². The number of amides is 5. The van der Waals surface area contributed by atoms with Crippen molar-refractivity contribution < 1.29 is 37.8 Å². The Hall–Kier alpha value is -4.16. The number of carbonyl (C=O) groups excluding carboxylic acids is 5. The normalized spacial score (nSPS) is 27.8. The fraction of sp³-hybridized carbons (Fsp3) is 0.649. The fourth-order valence-electron chi connectivity index (χ4n) is 6.85. The summed E-state index contributed by atoms with van der Waals surface area (Å²) in [5.41, 5.74) is -1.04. The topological polar surface area (TPSA) is 146 Å². The molecular formula is C37H52FN5O7. The second-order valence-corrected chi connectivity index (χ2v) is 16.3. The van der Waals surface area contributed by atoms with Gasteiger partial charge in [0, 0.05) is 31.0 Å². The van der Waals surface area contributed by atoms with Crippen molar-refractivity contribution >= 4 is 29.9 Å². The highest BCUT2D eigenvalue weighted by atomic mass is 19.1. The van der Waals surface area contributed by atoms with Crippen LogP contribution in [0.25, 0.3) is 0 Å². The maximum atomic E-state index is 14.4. The summed E-state index contributed by atoms with van der Waals surface area (Å²) >= 11 is 0. The van der Waals surface area contributed by atoms with E-state index in [1.165, 1.54) is 15.9 Å². The Morgan fingerprint density at radius 3 is 2.52 bits per heavy atom. The molecule has 1 saturated carbocycles. The Morgan fingerprint density at radius 2 is 1.82 bits per heavy atom. The first-order chi connectivity index (χ1) is 23.5. The number of nitrogens with one attached hydrogen (secondary N) is 3. The Bertz CT molecular complexity index is 1520. The molecule has 1 aromatic carbocycles. The van der Waals surface area contributed by atoms with Gasteiger partial charge in [-0.25, -0.2) is 14.0 Å². The van der Waals surface area contributed by atoms with Crippen molar-refractivity contribution in [2.45, 2.75) is 129 Å². The van der Waals surface area contributed by atoms with Crippen molar-refractivity contribution in [2.24, 2.45) is 11.3 Å². The quantitative estimate of drug-likeness (QED) is 0.387. The molecule has 0 unspecified atom stereocenters. The lowest BCUT2D eigenvalue weighted by atomic mass is 9.96. The molecule has 1 aliphatic carbocycles. The first-order valence-electron chi connectivity index (χ1n) is 17.7. The highest BCUT2D eigenvalue weighted by Crippen LogP contribution is 2.45. The smallest absolute Gasteiger partial charge is 0.410 e. The summed E-state index contributed by atoms with van der Waals surface area (Å²) in [4.78, 5) is 71.1. The predicted molar refractivity (Wildman–Crippen MR) is 183 cm³/mol. The minimum Gasteiger partial charge on any atom is -0.444 e. The Balaban J connectivity index is 1.39. The van der Waals surface area contributed by atoms with E-state index in [2.05, 4.69) is 16.0 Å². The molecule has 2 fully saturated rings. The predicted octanol–water partition coefficient (Wildman–Crippen LogP) is 4.70. The first kappa shape index (κ1) is 37.1. The van der Waals surface area contributed by atoms with Crippen LogP contribution in [0.1, 0.15) is 97.6 Å². The molecule has 3 heterocycles. The lowest BCUT2D eigenvalue weighted by molar-refractivity contribution is -0.141. The molecule has 274 valence electrons. The van der Waals surface area contributed by atoms with Crippen LogP contribution in [0.4, 0.5) is 14.0 Å². The average Bonchev–Trinajstić information content (AvgIpc) is 3.32. The number of hydrogen-bond acceptors (Lipinski definition) is 7. The molecule has 4 aliphatic rings. The van der Waals surface area contributed by atoms with E-state index in [-0.39, 0.29) is 43.3 Å². The number of carbonyl (C=O) groups is 5. The van der Waals surface area contributed by atoms with Crippen LogP contribution in [0, 0.1) is 17.2 Å². The van der Waals surface area contributed by atoms with Crippen LogP contribution in [-0.4, -0.2) is 82.1 Å². The van der Waals surface area contributed by atoms with Crippen LogP contribution in [0.2, 0.25) is 0 Å². The Morgan fingerprint density at radius 1 is 1.06 bits per heavy atom. The van der Waals surface area contributed by atoms with E-state index >= 15 is 0 Å². The molecular weight excluding hydrogens is 645 g/mol. The highest BCUT2D eigenvalue weighted by Gasteiger charge is 2.61. The van der Waals surface area contributed by atoms with Crippen LogP contribution in [0.15, 0.2) is 30.4 Å². The van der Waals surface area contributed by atoms with Crippen LogP contribution >= 0.6 is 0 Å². The number of rotatable bonds is 4. The van der Waals surface area contributed by atoms with E-state index in [4.69, 9.17) is 9.47 Å². The molecule has 5 rings (SSSR count). The van der Waals surface area contributed by atoms with E-state index in [0.29, 0.717) is 36.9 Å². The lowest BCUT2D eigenvalue weighted by Gasteiger charge is -2.30. The second kappa shape index (κ2) is 14.6. The minimum absolute atomic E-state index is 0.0161. The molecule has 0 aromatic heterocycles. The molecule has 1 saturated heterocycles. The van der Waals surface area contributed by atoms with Crippen LogP contribution in [0.5, 0.6) is 0 Å². The summed E-state index contributed by atoms with van der Waals surface area (Å²) in [6.45, 7) is 11.7. The van der Waals surface area contributed by atoms with Gasteiger partial charge in [-0.1, -0.05) is 57.9 Å². The van der Waals surface area contributed by atoms with Crippen molar-refractivity contribution in [3.05, 3.63) is 47.3 Å². The zero-order valence-corrected chi connectivity index (χ0v) is 30.1. The summed E-state index contributed by atoms with van der Waals surface area (Å²) in [7, 11) is 0. The molecule has 0 radical (unpaired) electrons. The number of benzene rings is 1. The zero-order valence-electron chi connectivity index (χ0n) is 30.1. The fourth-order valence-corrected chi connectivity index (χ4v) is 6.85. The van der Waals surface area contributed by atoms with Gasteiger partial charge >= 0.3 is 12.2 Å². The summed E-state index contributed by atoms with van der Waals surface area (Å²) in [5.74, 6) is -1.94. The minimum atomic E-state index is -1.18. The second-order valence-electron chi connectivity index (χ2n) is 16.3. The van der Waals surface area contributed by atoms with E-state index in [1.54, 1.807) is 32.9 Å². The standard InChI is InChI=1S/C37H52FN5O7/c1-35(2,3)22-39-32(46)37-18-24(37)14-10-8-7-9-11-16-28(40-33(47)50-36(4,5)6)31(45)43-20-25(17-29(43)30(44)41-37)49-34(48)42-19-23-13-12-15-27(38)26(23)21-42/h10,12-15,24-25,28-29H,7-9,11,16-22H2,1-6H3,(H,39,46)(H,40,47)(H,41,44)/b14-10-/t24-,25+,28-,29-,37+/m0/s1. The molecule has 5 atom stereocenters. The average molecular weight is 698 g/mol. The number of alkyl carbamates (subject to hydrolysis) is 1. The van der Waals surface area contributed by atoms with E-state index in [1.807, 2.05) is 32.9 Å². The highest BCUT2D eigenvalue weighted by molar-refractivity contribution is 5.98. The van der Waals surface area contributed by atoms with Crippen molar-refractivity contribution in [2.75, 3.05) is 13.1 Å². The molecule has 1 aromatic rings. The number of allylic oxidation sites excluding steroid dienone is 1. The van der Waals surface area contributed by atoms with Gasteiger partial charge in [-0.2, -0.15) is 0 Å². The van der Waals surface area contributed by atoms with Crippen LogP contribution in [0.3, 0.4) is 0 Å². The van der Waals surface area contributed by atoms with Crippen molar-refractivity contribution in [1.29, 1.82) is 0 Å². The third-order valence-electron chi connectivity index (χ3n) is 9.57. The van der Waals surface area contributed by atoms with Gasteiger partial charge in [0.1, 0.15) is 35.1 Å². The van der Waals surface area contributed by atoms with Crippen molar-refractivity contribution in [3.63, 3.8) is 0 Å². The number of fused-ring (bicyclic) bond motifs is 3. The van der Waals surface area contributed by atoms with Gasteiger partial charge in [-0.05, 0) is 63.5 Å². The molecule has 0 spiro atoms. The summed E-state index contributed by atoms with van der Waals surface area (Å²) in [6.07, 6.45) is 5.50. The van der Waals surface area contributed by atoms with Crippen LogP contribution < -0.4 is 16.0 Å². The summed E-state index contributed by atoms with van der Waals surface area (Å²) < 4.78 is 25.7. The zero-order chi connectivity index (χ0) is 36.4. The SMILES string of the molecule is CC(C)(C)CNC(=O)[C@@]12C[C@@H]1/C=C\CCCCC[C@H](NC(=O)OC(C)(C)C)C(=O)N1C[C@H](OC(=O)N3Cc4cccc(F)c4C3)C[C@H]1C(=O)N2. The van der Waals surface area contributed by atoms with E-state index in [9.17, 15) is 28.4 Å².